The number of imide groups is 2. The molecule has 0 spiro atoms. The van der Waals surface area contributed by atoms with Gasteiger partial charge in [0, 0.05) is 5.69 Å². The summed E-state index contributed by atoms with van der Waals surface area (Å²) in [5.41, 5.74) is 2.05. The number of nitrogens with zero attached hydrogens (tertiary/aromatic N) is 2. The summed E-state index contributed by atoms with van der Waals surface area (Å²) in [7, 11) is 0. The predicted octanol–water partition coefficient (Wildman–Crippen LogP) is 1.85. The van der Waals surface area contributed by atoms with Crippen LogP contribution in [-0.4, -0.2) is 52.8 Å². The summed E-state index contributed by atoms with van der Waals surface area (Å²) in [6.45, 7) is 0.878. The number of carbonyl (C=O) groups is 4. The minimum absolute atomic E-state index is 0.202. The van der Waals surface area contributed by atoms with Gasteiger partial charge in [-0.15, -0.1) is 0 Å². The van der Waals surface area contributed by atoms with Crippen molar-refractivity contribution in [3.63, 3.8) is 0 Å². The molecule has 0 atom stereocenters. The van der Waals surface area contributed by atoms with E-state index >= 15 is 0 Å². The first-order valence-corrected chi connectivity index (χ1v) is 7.67. The second kappa shape index (κ2) is 7.14. The van der Waals surface area contributed by atoms with Crippen LogP contribution in [-0.2, 0) is 20.8 Å². The topological polar surface area (TPSA) is 86.8 Å². The lowest BCUT2D eigenvalue weighted by molar-refractivity contribution is -0.156. The molecule has 1 aromatic carbocycles. The Hall–Kier alpha value is -2.91. The average Bonchev–Trinajstić information content (AvgIpc) is 2.73. The van der Waals surface area contributed by atoms with Crippen LogP contribution in [0, 0.1) is 6.92 Å². The van der Waals surface area contributed by atoms with Gasteiger partial charge in [0.25, 0.3) is 0 Å². The van der Waals surface area contributed by atoms with Crippen LogP contribution in [0.1, 0.15) is 18.1 Å². The van der Waals surface area contributed by atoms with E-state index in [2.05, 4.69) is 5.32 Å². The first-order chi connectivity index (χ1) is 12.0. The van der Waals surface area contributed by atoms with Gasteiger partial charge < -0.3 is 5.32 Å². The van der Waals surface area contributed by atoms with Gasteiger partial charge in [-0.3, -0.25) is 14.4 Å². The summed E-state index contributed by atoms with van der Waals surface area (Å²) in [5.74, 6) is -3.86. The maximum atomic E-state index is 12.4. The molecule has 0 saturated carbocycles. The summed E-state index contributed by atoms with van der Waals surface area (Å²) in [5, 5.41) is 2.54. The van der Waals surface area contributed by atoms with Crippen molar-refractivity contribution in [3.8, 4) is 0 Å². The summed E-state index contributed by atoms with van der Waals surface area (Å²) in [4.78, 5) is 47.4. The molecule has 0 aliphatic carbocycles. The maximum absolute atomic E-state index is 12.4. The van der Waals surface area contributed by atoms with Crippen molar-refractivity contribution in [2.45, 2.75) is 26.4 Å². The van der Waals surface area contributed by atoms with Crippen LogP contribution in [0.25, 0.3) is 0 Å². The van der Waals surface area contributed by atoms with Crippen molar-refractivity contribution in [2.75, 3.05) is 18.4 Å². The van der Waals surface area contributed by atoms with Gasteiger partial charge in [-0.2, -0.15) is 13.2 Å². The minimum atomic E-state index is -4.85. The van der Waals surface area contributed by atoms with E-state index < -0.39 is 43.0 Å². The number of aryl methyl sites for hydroxylation is 2. The number of anilines is 1. The number of para-hydroxylation sites is 1. The molecule has 1 heterocycles. The molecule has 10 heteroatoms. The summed E-state index contributed by atoms with van der Waals surface area (Å²) in [6.07, 6.45) is -4.24. The zero-order valence-corrected chi connectivity index (χ0v) is 14.0. The first kappa shape index (κ1) is 19.4. The van der Waals surface area contributed by atoms with Crippen molar-refractivity contribution >= 4 is 29.4 Å². The van der Waals surface area contributed by atoms with Crippen molar-refractivity contribution in [2.24, 2.45) is 0 Å². The number of amides is 5. The van der Waals surface area contributed by atoms with E-state index in [4.69, 9.17) is 0 Å². The van der Waals surface area contributed by atoms with Gasteiger partial charge in [0.05, 0.1) is 0 Å². The fourth-order valence-corrected chi connectivity index (χ4v) is 2.53. The molecular formula is C16H16F3N3O4. The molecule has 1 N–H and O–H groups in total. The van der Waals surface area contributed by atoms with Gasteiger partial charge in [-0.25, -0.2) is 14.6 Å². The van der Waals surface area contributed by atoms with E-state index in [1.54, 1.807) is 25.1 Å². The van der Waals surface area contributed by atoms with Crippen LogP contribution in [0.3, 0.4) is 0 Å². The molecule has 0 bridgehead atoms. The standard InChI is InChI=1S/C16H16F3N3O4/c1-3-10-6-4-5-9(2)12(10)20-11(23)7-21-13(24)14(25)22(15(21)26)8-16(17,18)19/h4-6H,3,7-8H2,1-2H3,(H,20,23). The number of hydrogen-bond donors (Lipinski definition) is 1. The number of benzene rings is 1. The monoisotopic (exact) mass is 371 g/mol. The lowest BCUT2D eigenvalue weighted by Gasteiger charge is -2.17. The third kappa shape index (κ3) is 4.01. The zero-order valence-electron chi connectivity index (χ0n) is 14.0. The Kier molecular flexibility index (Phi) is 5.33. The lowest BCUT2D eigenvalue weighted by atomic mass is 10.1. The molecule has 140 valence electrons. The third-order valence-corrected chi connectivity index (χ3v) is 3.78. The molecule has 1 aliphatic rings. The van der Waals surface area contributed by atoms with Crippen LogP contribution in [0.15, 0.2) is 18.2 Å². The van der Waals surface area contributed by atoms with E-state index in [0.717, 1.165) is 11.1 Å². The SMILES string of the molecule is CCc1cccc(C)c1NC(=O)CN1C(=O)C(=O)N(CC(F)(F)F)C1=O. The maximum Gasteiger partial charge on any atom is 0.406 e. The van der Waals surface area contributed by atoms with Crippen molar-refractivity contribution in [1.82, 2.24) is 9.80 Å². The van der Waals surface area contributed by atoms with Crippen molar-refractivity contribution in [1.29, 1.82) is 0 Å². The van der Waals surface area contributed by atoms with E-state index in [1.807, 2.05) is 6.92 Å². The molecule has 1 saturated heterocycles. The minimum Gasteiger partial charge on any atom is -0.324 e. The molecule has 7 nitrogen and oxygen atoms in total. The Balaban J connectivity index is 2.13. The number of halogens is 3. The molecule has 26 heavy (non-hydrogen) atoms. The van der Waals surface area contributed by atoms with E-state index in [9.17, 15) is 32.3 Å². The number of carbonyl (C=O) groups excluding carboxylic acids is 4. The lowest BCUT2D eigenvalue weighted by Crippen LogP contribution is -2.41. The number of urea groups is 1. The largest absolute Gasteiger partial charge is 0.406 e. The van der Waals surface area contributed by atoms with Crippen LogP contribution in [0.4, 0.5) is 23.7 Å². The van der Waals surface area contributed by atoms with Gasteiger partial charge in [-0.1, -0.05) is 25.1 Å². The highest BCUT2D eigenvalue weighted by Gasteiger charge is 2.49. The number of alkyl halides is 3. The second-order valence-corrected chi connectivity index (χ2v) is 5.69. The van der Waals surface area contributed by atoms with Gasteiger partial charge in [0.2, 0.25) is 5.91 Å². The summed E-state index contributed by atoms with van der Waals surface area (Å²) < 4.78 is 37.3. The molecule has 5 amide bonds. The number of hydrogen-bond acceptors (Lipinski definition) is 4. The fraction of sp³-hybridized carbons (Fsp3) is 0.375. The molecule has 0 aromatic heterocycles. The highest BCUT2D eigenvalue weighted by Crippen LogP contribution is 2.23. The highest BCUT2D eigenvalue weighted by atomic mass is 19.4. The van der Waals surface area contributed by atoms with Gasteiger partial charge in [-0.05, 0) is 24.5 Å². The smallest absolute Gasteiger partial charge is 0.324 e. The summed E-state index contributed by atoms with van der Waals surface area (Å²) >= 11 is 0. The van der Waals surface area contributed by atoms with E-state index in [-0.39, 0.29) is 9.80 Å². The molecule has 1 fully saturated rings. The van der Waals surface area contributed by atoms with Crippen molar-refractivity contribution in [3.05, 3.63) is 29.3 Å². The molecular weight excluding hydrogens is 355 g/mol. The molecule has 1 aromatic rings. The van der Waals surface area contributed by atoms with Crippen molar-refractivity contribution < 1.29 is 32.3 Å². The molecule has 0 radical (unpaired) electrons. The van der Waals surface area contributed by atoms with Gasteiger partial charge in [0.1, 0.15) is 13.1 Å². The third-order valence-electron chi connectivity index (χ3n) is 3.78. The van der Waals surface area contributed by atoms with Crippen LogP contribution >= 0.6 is 0 Å². The van der Waals surface area contributed by atoms with Gasteiger partial charge >= 0.3 is 24.0 Å². The Morgan fingerprint density at radius 1 is 1.12 bits per heavy atom. The average molecular weight is 371 g/mol. The number of rotatable bonds is 5. The van der Waals surface area contributed by atoms with Gasteiger partial charge in [0.15, 0.2) is 0 Å². The fourth-order valence-electron chi connectivity index (χ4n) is 2.53. The molecule has 1 aliphatic heterocycles. The molecule has 0 unspecified atom stereocenters. The summed E-state index contributed by atoms with van der Waals surface area (Å²) in [6, 6.07) is 3.86. The zero-order chi connectivity index (χ0) is 19.6. The van der Waals surface area contributed by atoms with Crippen LogP contribution < -0.4 is 5.32 Å². The number of nitrogens with one attached hydrogen (secondary N) is 1. The van der Waals surface area contributed by atoms with E-state index in [1.165, 1.54) is 0 Å². The molecule has 2 rings (SSSR count). The Bertz CT molecular complexity index is 776. The highest BCUT2D eigenvalue weighted by molar-refractivity contribution is 6.45. The Labute approximate surface area is 146 Å². The quantitative estimate of drug-likeness (QED) is 0.632. The Morgan fingerprint density at radius 3 is 2.31 bits per heavy atom. The van der Waals surface area contributed by atoms with E-state index in [0.29, 0.717) is 12.1 Å². The Morgan fingerprint density at radius 2 is 1.73 bits per heavy atom. The predicted molar refractivity (Wildman–Crippen MR) is 84.1 cm³/mol. The van der Waals surface area contributed by atoms with Crippen LogP contribution in [0.5, 0.6) is 0 Å². The van der Waals surface area contributed by atoms with Crippen LogP contribution in [0.2, 0.25) is 0 Å². The normalized spacial score (nSPS) is 15.0. The first-order valence-electron chi connectivity index (χ1n) is 7.67. The second-order valence-electron chi connectivity index (χ2n) is 5.69.